The molecule has 1 aromatic carbocycles. The molecule has 2 N–H and O–H groups in total. The number of benzene rings is 1. The van der Waals surface area contributed by atoms with Crippen molar-refractivity contribution in [2.75, 3.05) is 39.4 Å². The van der Waals surface area contributed by atoms with Crippen LogP contribution in [-0.4, -0.2) is 64.7 Å². The van der Waals surface area contributed by atoms with Gasteiger partial charge in [-0.2, -0.15) is 0 Å². The van der Waals surface area contributed by atoms with Crippen molar-refractivity contribution >= 4 is 28.3 Å². The first-order valence-electron chi connectivity index (χ1n) is 9.12. The summed E-state index contributed by atoms with van der Waals surface area (Å²) in [5, 5.41) is 3.19. The zero-order valence-corrected chi connectivity index (χ0v) is 17.2. The van der Waals surface area contributed by atoms with Crippen LogP contribution in [0.4, 0.5) is 0 Å². The minimum atomic E-state index is -3.52. The minimum absolute atomic E-state index is 0. The van der Waals surface area contributed by atoms with Crippen molar-refractivity contribution in [3.05, 3.63) is 29.8 Å². The van der Waals surface area contributed by atoms with Gasteiger partial charge in [-0.05, 0) is 37.8 Å². The van der Waals surface area contributed by atoms with Crippen LogP contribution in [0.25, 0.3) is 0 Å². The third-order valence-corrected chi connectivity index (χ3v) is 6.38. The number of aryl methyl sites for hydroxylation is 1. The van der Waals surface area contributed by atoms with Crippen molar-refractivity contribution in [3.63, 3.8) is 0 Å². The molecule has 3 rings (SSSR count). The Morgan fingerprint density at radius 2 is 2.07 bits per heavy atom. The van der Waals surface area contributed by atoms with Gasteiger partial charge >= 0.3 is 0 Å². The summed E-state index contributed by atoms with van der Waals surface area (Å²) in [4.78, 5) is 14.7. The second kappa shape index (κ2) is 9.84. The third kappa shape index (κ3) is 5.89. The van der Waals surface area contributed by atoms with E-state index in [2.05, 4.69) is 10.0 Å². The molecule has 2 fully saturated rings. The molecule has 7 nitrogen and oxygen atoms in total. The molecular formula is C18H28ClN3O4S. The van der Waals surface area contributed by atoms with E-state index in [0.29, 0.717) is 32.8 Å². The van der Waals surface area contributed by atoms with Crippen LogP contribution in [0.2, 0.25) is 0 Å². The highest BCUT2D eigenvalue weighted by molar-refractivity contribution is 7.89. The van der Waals surface area contributed by atoms with E-state index in [4.69, 9.17) is 4.74 Å². The molecule has 2 aliphatic rings. The van der Waals surface area contributed by atoms with Gasteiger partial charge in [0.2, 0.25) is 15.9 Å². The molecule has 2 aliphatic heterocycles. The molecule has 0 radical (unpaired) electrons. The second-order valence-electron chi connectivity index (χ2n) is 7.04. The highest BCUT2D eigenvalue weighted by Crippen LogP contribution is 2.18. The Labute approximate surface area is 167 Å². The van der Waals surface area contributed by atoms with E-state index >= 15 is 0 Å². The molecule has 0 aromatic heterocycles. The number of hydrogen-bond acceptors (Lipinski definition) is 5. The fourth-order valence-electron chi connectivity index (χ4n) is 3.40. The number of rotatable bonds is 5. The average Bonchev–Trinajstić information content (AvgIpc) is 2.67. The normalized spacial score (nSPS) is 23.5. The summed E-state index contributed by atoms with van der Waals surface area (Å²) in [5.41, 5.74) is 1.02. The molecule has 0 bridgehead atoms. The van der Waals surface area contributed by atoms with Gasteiger partial charge in [0.05, 0.1) is 18.1 Å². The van der Waals surface area contributed by atoms with Crippen molar-refractivity contribution in [3.8, 4) is 0 Å². The fraction of sp³-hybridized carbons (Fsp3) is 0.611. The number of carbonyl (C=O) groups excluding carboxylic acids is 1. The van der Waals surface area contributed by atoms with Gasteiger partial charge < -0.3 is 15.0 Å². The van der Waals surface area contributed by atoms with Crippen molar-refractivity contribution < 1.29 is 17.9 Å². The highest BCUT2D eigenvalue weighted by atomic mass is 35.5. The Hall–Kier alpha value is -1.19. The smallest absolute Gasteiger partial charge is 0.242 e. The minimum Gasteiger partial charge on any atom is -0.378 e. The van der Waals surface area contributed by atoms with Crippen LogP contribution < -0.4 is 10.0 Å². The lowest BCUT2D eigenvalue weighted by Crippen LogP contribution is -2.55. The molecule has 0 aliphatic carbocycles. The number of halogens is 1. The maximum Gasteiger partial charge on any atom is 0.242 e. The molecule has 1 aromatic rings. The van der Waals surface area contributed by atoms with Crippen molar-refractivity contribution in [2.24, 2.45) is 5.92 Å². The van der Waals surface area contributed by atoms with Gasteiger partial charge in [0.1, 0.15) is 6.04 Å². The molecule has 2 heterocycles. The number of sulfonamides is 1. The van der Waals surface area contributed by atoms with E-state index in [-0.39, 0.29) is 35.2 Å². The summed E-state index contributed by atoms with van der Waals surface area (Å²) >= 11 is 0. The molecule has 2 saturated heterocycles. The number of ether oxygens (including phenoxy) is 1. The molecule has 2 atom stereocenters. The van der Waals surface area contributed by atoms with Crippen LogP contribution in [0.1, 0.15) is 18.4 Å². The first-order chi connectivity index (χ1) is 12.5. The van der Waals surface area contributed by atoms with Gasteiger partial charge in [-0.25, -0.2) is 13.1 Å². The zero-order valence-electron chi connectivity index (χ0n) is 15.5. The SMILES string of the molecule is Cc1ccc(S(=O)(=O)NCC2CCCN(C(=O)C3COCCN3)C2)cc1.Cl. The monoisotopic (exact) mass is 417 g/mol. The summed E-state index contributed by atoms with van der Waals surface area (Å²) < 4.78 is 32.9. The van der Waals surface area contributed by atoms with E-state index < -0.39 is 10.0 Å². The van der Waals surface area contributed by atoms with Gasteiger partial charge in [-0.15, -0.1) is 12.4 Å². The first-order valence-corrected chi connectivity index (χ1v) is 10.6. The Balaban J connectivity index is 0.00000261. The highest BCUT2D eigenvalue weighted by Gasteiger charge is 2.30. The fourth-order valence-corrected chi connectivity index (χ4v) is 4.52. The van der Waals surface area contributed by atoms with Gasteiger partial charge in [-0.3, -0.25) is 4.79 Å². The zero-order chi connectivity index (χ0) is 18.6. The number of piperidine rings is 1. The average molecular weight is 418 g/mol. The van der Waals surface area contributed by atoms with Gasteiger partial charge in [-0.1, -0.05) is 17.7 Å². The Kier molecular flexibility index (Phi) is 8.05. The van der Waals surface area contributed by atoms with Crippen LogP contribution >= 0.6 is 12.4 Å². The summed E-state index contributed by atoms with van der Waals surface area (Å²) in [6.07, 6.45) is 1.80. The largest absolute Gasteiger partial charge is 0.378 e. The predicted molar refractivity (Wildman–Crippen MR) is 106 cm³/mol. The van der Waals surface area contributed by atoms with Crippen LogP contribution in [0.15, 0.2) is 29.2 Å². The molecule has 1 amide bonds. The lowest BCUT2D eigenvalue weighted by molar-refractivity contribution is -0.138. The third-order valence-electron chi connectivity index (χ3n) is 4.94. The van der Waals surface area contributed by atoms with Crippen molar-refractivity contribution in [2.45, 2.75) is 30.7 Å². The maximum absolute atomic E-state index is 12.6. The topological polar surface area (TPSA) is 87.7 Å². The number of likely N-dealkylation sites (tertiary alicyclic amines) is 1. The number of morpholine rings is 1. The van der Waals surface area contributed by atoms with Crippen LogP contribution in [0, 0.1) is 12.8 Å². The molecule has 27 heavy (non-hydrogen) atoms. The number of carbonyl (C=O) groups is 1. The molecule has 152 valence electrons. The van der Waals surface area contributed by atoms with E-state index in [9.17, 15) is 13.2 Å². The molecule has 0 saturated carbocycles. The van der Waals surface area contributed by atoms with E-state index in [0.717, 1.165) is 24.9 Å². The summed E-state index contributed by atoms with van der Waals surface area (Å²) in [6, 6.07) is 6.52. The van der Waals surface area contributed by atoms with E-state index in [1.165, 1.54) is 0 Å². The second-order valence-corrected chi connectivity index (χ2v) is 8.81. The predicted octanol–water partition coefficient (Wildman–Crippen LogP) is 0.922. The van der Waals surface area contributed by atoms with Crippen molar-refractivity contribution in [1.29, 1.82) is 0 Å². The van der Waals surface area contributed by atoms with Gasteiger partial charge in [0.25, 0.3) is 0 Å². The van der Waals surface area contributed by atoms with Gasteiger partial charge in [0, 0.05) is 26.2 Å². The number of nitrogens with zero attached hydrogens (tertiary/aromatic N) is 1. The molecule has 2 unspecified atom stereocenters. The summed E-state index contributed by atoms with van der Waals surface area (Å²) in [5.74, 6) is 0.174. The standard InChI is InChI=1S/C18H27N3O4S.ClH/c1-14-4-6-16(7-5-14)26(23,24)20-11-15-3-2-9-21(12-15)18(22)17-13-25-10-8-19-17;/h4-7,15,17,19-20H,2-3,8-13H2,1H3;1H. The Morgan fingerprint density at radius 3 is 2.74 bits per heavy atom. The summed E-state index contributed by atoms with van der Waals surface area (Å²) in [6.45, 7) is 5.28. The van der Waals surface area contributed by atoms with Crippen LogP contribution in [0.5, 0.6) is 0 Å². The molecule has 0 spiro atoms. The Morgan fingerprint density at radius 1 is 1.33 bits per heavy atom. The lowest BCUT2D eigenvalue weighted by atomic mass is 9.97. The van der Waals surface area contributed by atoms with Crippen LogP contribution in [-0.2, 0) is 19.6 Å². The van der Waals surface area contributed by atoms with Crippen molar-refractivity contribution in [1.82, 2.24) is 14.9 Å². The number of nitrogens with one attached hydrogen (secondary N) is 2. The lowest BCUT2D eigenvalue weighted by Gasteiger charge is -2.36. The van der Waals surface area contributed by atoms with Crippen LogP contribution in [0.3, 0.4) is 0 Å². The number of hydrogen-bond donors (Lipinski definition) is 2. The van der Waals surface area contributed by atoms with E-state index in [1.54, 1.807) is 24.3 Å². The van der Waals surface area contributed by atoms with Gasteiger partial charge in [0.15, 0.2) is 0 Å². The molecule has 9 heteroatoms. The van der Waals surface area contributed by atoms with E-state index in [1.807, 2.05) is 11.8 Å². The maximum atomic E-state index is 12.6. The number of amides is 1. The first kappa shape index (κ1) is 22.1. The summed E-state index contributed by atoms with van der Waals surface area (Å²) in [7, 11) is -3.52. The molecular weight excluding hydrogens is 390 g/mol. The Bertz CT molecular complexity index is 721. The quantitative estimate of drug-likeness (QED) is 0.743.